The van der Waals surface area contributed by atoms with E-state index in [1.807, 2.05) is 39.1 Å². The molecule has 0 spiro atoms. The van der Waals surface area contributed by atoms with Crippen molar-refractivity contribution in [3.63, 3.8) is 0 Å². The number of anilines is 1. The second-order valence-electron chi connectivity index (χ2n) is 4.15. The smallest absolute Gasteiger partial charge is 0.144 e. The Balaban J connectivity index is 2.06. The first kappa shape index (κ1) is 12.4. The predicted molar refractivity (Wildman–Crippen MR) is 71.8 cm³/mol. The van der Waals surface area contributed by atoms with Crippen molar-refractivity contribution in [2.45, 2.75) is 20.5 Å². The molecule has 18 heavy (non-hydrogen) atoms. The monoisotopic (exact) mass is 243 g/mol. The minimum atomic E-state index is 0.433. The Kier molecular flexibility index (Phi) is 3.77. The summed E-state index contributed by atoms with van der Waals surface area (Å²) in [5.41, 5.74) is 3.08. The van der Waals surface area contributed by atoms with Crippen LogP contribution in [0.3, 0.4) is 0 Å². The minimum Gasteiger partial charge on any atom is -0.487 e. The van der Waals surface area contributed by atoms with Crippen LogP contribution in [0.4, 0.5) is 5.82 Å². The highest BCUT2D eigenvalue weighted by molar-refractivity contribution is 5.39. The van der Waals surface area contributed by atoms with Crippen molar-refractivity contribution >= 4 is 5.82 Å². The van der Waals surface area contributed by atoms with Crippen LogP contribution >= 0.6 is 0 Å². The fourth-order valence-electron chi connectivity index (χ4n) is 1.73. The summed E-state index contributed by atoms with van der Waals surface area (Å²) in [6.45, 7) is 4.51. The van der Waals surface area contributed by atoms with Crippen LogP contribution < -0.4 is 10.1 Å². The third kappa shape index (κ3) is 2.77. The molecule has 0 aliphatic heterocycles. The number of rotatable bonds is 4. The van der Waals surface area contributed by atoms with E-state index in [0.717, 1.165) is 28.4 Å². The summed E-state index contributed by atoms with van der Waals surface area (Å²) in [7, 11) is 1.82. The van der Waals surface area contributed by atoms with Crippen molar-refractivity contribution in [1.82, 2.24) is 9.97 Å². The van der Waals surface area contributed by atoms with E-state index in [0.29, 0.717) is 6.61 Å². The average Bonchev–Trinajstić information content (AvgIpc) is 2.39. The van der Waals surface area contributed by atoms with Gasteiger partial charge in [0.25, 0.3) is 0 Å². The molecule has 0 bridgehead atoms. The van der Waals surface area contributed by atoms with E-state index in [9.17, 15) is 0 Å². The Morgan fingerprint density at radius 2 is 1.83 bits per heavy atom. The van der Waals surface area contributed by atoms with Crippen LogP contribution in [0.5, 0.6) is 5.75 Å². The first-order chi connectivity index (χ1) is 8.70. The van der Waals surface area contributed by atoms with Crippen LogP contribution in [0, 0.1) is 13.8 Å². The zero-order valence-electron chi connectivity index (χ0n) is 10.9. The molecular formula is C14H17N3O. The Hall–Kier alpha value is -2.10. The molecular weight excluding hydrogens is 226 g/mol. The lowest BCUT2D eigenvalue weighted by molar-refractivity contribution is 0.296. The van der Waals surface area contributed by atoms with Crippen LogP contribution in [0.1, 0.15) is 16.8 Å². The molecule has 4 nitrogen and oxygen atoms in total. The van der Waals surface area contributed by atoms with Crippen LogP contribution in [0.25, 0.3) is 0 Å². The van der Waals surface area contributed by atoms with Gasteiger partial charge >= 0.3 is 0 Å². The van der Waals surface area contributed by atoms with Gasteiger partial charge in [0, 0.05) is 7.05 Å². The number of aryl methyl sites for hydroxylation is 2. The Morgan fingerprint density at radius 1 is 1.11 bits per heavy atom. The van der Waals surface area contributed by atoms with Crippen molar-refractivity contribution in [2.75, 3.05) is 12.4 Å². The van der Waals surface area contributed by atoms with Gasteiger partial charge in [-0.15, -0.1) is 0 Å². The number of nitrogens with one attached hydrogen (secondary N) is 1. The van der Waals surface area contributed by atoms with E-state index in [-0.39, 0.29) is 0 Å². The molecule has 0 aliphatic rings. The maximum Gasteiger partial charge on any atom is 0.144 e. The van der Waals surface area contributed by atoms with Gasteiger partial charge in [0.1, 0.15) is 18.2 Å². The summed E-state index contributed by atoms with van der Waals surface area (Å²) in [5, 5.41) is 2.93. The van der Waals surface area contributed by atoms with Crippen molar-refractivity contribution < 1.29 is 4.74 Å². The highest BCUT2D eigenvalue weighted by Gasteiger charge is 2.04. The summed E-state index contributed by atoms with van der Waals surface area (Å²) < 4.78 is 5.80. The number of nitrogens with zero attached hydrogens (tertiary/aromatic N) is 2. The van der Waals surface area contributed by atoms with Crippen LogP contribution in [0.15, 0.2) is 30.6 Å². The summed E-state index contributed by atoms with van der Waals surface area (Å²) in [4.78, 5) is 8.47. The standard InChI is InChI=1S/C14H17N3O/c1-10-5-4-6-11(2)14(10)18-9-12-7-17-13(15-3)8-16-12/h4-8H,9H2,1-3H3,(H,15,17). The number of ether oxygens (including phenoxy) is 1. The highest BCUT2D eigenvalue weighted by Crippen LogP contribution is 2.23. The van der Waals surface area contributed by atoms with Gasteiger partial charge in [0.2, 0.25) is 0 Å². The lowest BCUT2D eigenvalue weighted by atomic mass is 10.1. The fourth-order valence-corrected chi connectivity index (χ4v) is 1.73. The largest absolute Gasteiger partial charge is 0.487 e. The molecule has 0 amide bonds. The lowest BCUT2D eigenvalue weighted by Gasteiger charge is -2.11. The second-order valence-corrected chi connectivity index (χ2v) is 4.15. The maximum absolute atomic E-state index is 5.80. The van der Waals surface area contributed by atoms with Gasteiger partial charge in [-0.05, 0) is 25.0 Å². The van der Waals surface area contributed by atoms with Crippen LogP contribution in [-0.2, 0) is 6.61 Å². The third-order valence-electron chi connectivity index (χ3n) is 2.73. The van der Waals surface area contributed by atoms with Crippen LogP contribution in [-0.4, -0.2) is 17.0 Å². The molecule has 2 rings (SSSR count). The van der Waals surface area contributed by atoms with E-state index >= 15 is 0 Å². The molecule has 0 saturated carbocycles. The summed E-state index contributed by atoms with van der Waals surface area (Å²) in [6, 6.07) is 6.11. The van der Waals surface area contributed by atoms with Crippen molar-refractivity contribution in [3.05, 3.63) is 47.4 Å². The van der Waals surface area contributed by atoms with Gasteiger partial charge in [-0.25, -0.2) is 4.98 Å². The third-order valence-corrected chi connectivity index (χ3v) is 2.73. The lowest BCUT2D eigenvalue weighted by Crippen LogP contribution is -2.02. The molecule has 2 aromatic rings. The van der Waals surface area contributed by atoms with E-state index < -0.39 is 0 Å². The molecule has 1 aromatic heterocycles. The molecule has 0 saturated heterocycles. The zero-order chi connectivity index (χ0) is 13.0. The topological polar surface area (TPSA) is 47.0 Å². The summed E-state index contributed by atoms with van der Waals surface area (Å²) in [6.07, 6.45) is 3.42. The highest BCUT2D eigenvalue weighted by atomic mass is 16.5. The Bertz CT molecular complexity index is 503. The minimum absolute atomic E-state index is 0.433. The number of hydrogen-bond acceptors (Lipinski definition) is 4. The van der Waals surface area contributed by atoms with E-state index in [4.69, 9.17) is 4.74 Å². The van der Waals surface area contributed by atoms with Gasteiger partial charge in [0.15, 0.2) is 0 Å². The molecule has 4 heteroatoms. The molecule has 1 N–H and O–H groups in total. The summed E-state index contributed by atoms with van der Waals surface area (Å²) >= 11 is 0. The van der Waals surface area contributed by atoms with E-state index in [2.05, 4.69) is 15.3 Å². The Labute approximate surface area is 107 Å². The number of benzene rings is 1. The van der Waals surface area contributed by atoms with Gasteiger partial charge in [0.05, 0.1) is 18.1 Å². The average molecular weight is 243 g/mol. The van der Waals surface area contributed by atoms with E-state index in [1.54, 1.807) is 12.4 Å². The number of para-hydroxylation sites is 1. The second kappa shape index (κ2) is 5.49. The molecule has 94 valence electrons. The first-order valence-corrected chi connectivity index (χ1v) is 5.88. The van der Waals surface area contributed by atoms with E-state index in [1.165, 1.54) is 0 Å². The van der Waals surface area contributed by atoms with Crippen LogP contribution in [0.2, 0.25) is 0 Å². The SMILES string of the molecule is CNc1cnc(COc2c(C)cccc2C)cn1. The zero-order valence-corrected chi connectivity index (χ0v) is 10.9. The maximum atomic E-state index is 5.80. The van der Waals surface area contributed by atoms with Gasteiger partial charge < -0.3 is 10.1 Å². The number of hydrogen-bond donors (Lipinski definition) is 1. The van der Waals surface area contributed by atoms with Gasteiger partial charge in [-0.3, -0.25) is 4.98 Å². The normalized spacial score (nSPS) is 10.2. The molecule has 1 heterocycles. The Morgan fingerprint density at radius 3 is 2.39 bits per heavy atom. The fraction of sp³-hybridized carbons (Fsp3) is 0.286. The van der Waals surface area contributed by atoms with Gasteiger partial charge in [-0.1, -0.05) is 18.2 Å². The molecule has 0 unspecified atom stereocenters. The van der Waals surface area contributed by atoms with Crippen molar-refractivity contribution in [2.24, 2.45) is 0 Å². The van der Waals surface area contributed by atoms with Crippen molar-refractivity contribution in [3.8, 4) is 5.75 Å². The van der Waals surface area contributed by atoms with Gasteiger partial charge in [-0.2, -0.15) is 0 Å². The molecule has 1 aromatic carbocycles. The van der Waals surface area contributed by atoms with Crippen molar-refractivity contribution in [1.29, 1.82) is 0 Å². The molecule has 0 fully saturated rings. The first-order valence-electron chi connectivity index (χ1n) is 5.88. The number of aromatic nitrogens is 2. The molecule has 0 aliphatic carbocycles. The predicted octanol–water partition coefficient (Wildman–Crippen LogP) is 2.71. The summed E-state index contributed by atoms with van der Waals surface area (Å²) in [5.74, 6) is 1.68. The quantitative estimate of drug-likeness (QED) is 0.897. The molecule has 0 atom stereocenters. The molecule has 0 radical (unpaired) electrons.